The molecule has 1 radical (unpaired) electrons. The minimum atomic E-state index is -3.84. The van der Waals surface area contributed by atoms with Crippen LogP contribution in [-0.2, 0) is 15.2 Å². The molecule has 1 N–H and O–H groups in total. The predicted octanol–water partition coefficient (Wildman–Crippen LogP) is 0.0849. The van der Waals surface area contributed by atoms with E-state index < -0.39 is 10.1 Å². The summed E-state index contributed by atoms with van der Waals surface area (Å²) < 4.78 is 28.0. The zero-order valence-electron chi connectivity index (χ0n) is 4.91. The molecule has 0 amide bonds. The van der Waals surface area contributed by atoms with Crippen LogP contribution in [0.25, 0.3) is 0 Å². The zero-order valence-corrected chi connectivity index (χ0v) is 5.73. The first-order chi connectivity index (χ1) is 4.06. The van der Waals surface area contributed by atoms with Crippen molar-refractivity contribution in [3.05, 3.63) is 0 Å². The van der Waals surface area contributed by atoms with Gasteiger partial charge in [-0.2, -0.15) is 8.42 Å². The van der Waals surface area contributed by atoms with Gasteiger partial charge in [-0.15, -0.1) is 0 Å². The molecule has 0 aromatic heterocycles. The van der Waals surface area contributed by atoms with Gasteiger partial charge in [0.15, 0.2) is 0 Å². The SMILES string of the molecule is [O]CCCCS(=O)(=O)O. The summed E-state index contributed by atoms with van der Waals surface area (Å²) in [5.74, 6) is -0.296. The summed E-state index contributed by atoms with van der Waals surface area (Å²) >= 11 is 0. The van der Waals surface area contributed by atoms with Crippen LogP contribution < -0.4 is 0 Å². The van der Waals surface area contributed by atoms with Crippen molar-refractivity contribution < 1.29 is 18.1 Å². The first kappa shape index (κ1) is 8.87. The van der Waals surface area contributed by atoms with E-state index in [4.69, 9.17) is 4.55 Å². The van der Waals surface area contributed by atoms with Crippen LogP contribution in [0.1, 0.15) is 12.8 Å². The van der Waals surface area contributed by atoms with Crippen LogP contribution in [0.5, 0.6) is 0 Å². The Morgan fingerprint density at radius 3 is 2.11 bits per heavy atom. The molecule has 55 valence electrons. The van der Waals surface area contributed by atoms with Gasteiger partial charge in [-0.05, 0) is 12.8 Å². The monoisotopic (exact) mass is 153 g/mol. The fourth-order valence-electron chi connectivity index (χ4n) is 0.387. The van der Waals surface area contributed by atoms with E-state index in [2.05, 4.69) is 0 Å². The molecule has 4 nitrogen and oxygen atoms in total. The maximum absolute atomic E-state index is 9.96. The lowest BCUT2D eigenvalue weighted by molar-refractivity contribution is 0.188. The molecule has 0 aromatic rings. The van der Waals surface area contributed by atoms with Crippen LogP contribution in [0.15, 0.2) is 0 Å². The standard InChI is InChI=1S/C4H9O4S/c5-3-1-2-4-9(6,7)8/h1-4H2,(H,6,7,8). The molecular formula is C4H9O4S. The van der Waals surface area contributed by atoms with Gasteiger partial charge in [-0.25, -0.2) is 5.11 Å². The molecule has 0 spiro atoms. The van der Waals surface area contributed by atoms with Crippen LogP contribution in [0.3, 0.4) is 0 Å². The largest absolute Gasteiger partial charge is 0.286 e. The Balaban J connectivity index is 3.30. The summed E-state index contributed by atoms with van der Waals surface area (Å²) in [6, 6.07) is 0. The molecule has 0 unspecified atom stereocenters. The van der Waals surface area contributed by atoms with E-state index in [1.807, 2.05) is 0 Å². The Morgan fingerprint density at radius 2 is 1.78 bits per heavy atom. The molecule has 0 fully saturated rings. The second-order valence-corrected chi connectivity index (χ2v) is 3.27. The van der Waals surface area contributed by atoms with Gasteiger partial charge in [-0.3, -0.25) is 4.55 Å². The number of hydrogen-bond acceptors (Lipinski definition) is 2. The smallest absolute Gasteiger partial charge is 0.264 e. The predicted molar refractivity (Wildman–Crippen MR) is 31.2 cm³/mol. The Kier molecular flexibility index (Phi) is 3.76. The van der Waals surface area contributed by atoms with Gasteiger partial charge in [-0.1, -0.05) is 0 Å². The van der Waals surface area contributed by atoms with Gasteiger partial charge in [0.05, 0.1) is 12.4 Å². The fourth-order valence-corrected chi connectivity index (χ4v) is 0.955. The molecule has 5 heteroatoms. The van der Waals surface area contributed by atoms with Gasteiger partial charge in [0.25, 0.3) is 10.1 Å². The average molecular weight is 153 g/mol. The summed E-state index contributed by atoms with van der Waals surface area (Å²) in [6.07, 6.45) is 0.558. The zero-order chi connectivity index (χ0) is 7.33. The second kappa shape index (κ2) is 3.81. The Morgan fingerprint density at radius 1 is 1.22 bits per heavy atom. The van der Waals surface area contributed by atoms with Crippen molar-refractivity contribution in [1.82, 2.24) is 0 Å². The van der Waals surface area contributed by atoms with Crippen molar-refractivity contribution in [2.45, 2.75) is 12.8 Å². The van der Waals surface area contributed by atoms with Crippen molar-refractivity contribution in [2.24, 2.45) is 0 Å². The molecule has 0 aliphatic rings. The van der Waals surface area contributed by atoms with Gasteiger partial charge in [0, 0.05) is 0 Å². The van der Waals surface area contributed by atoms with Gasteiger partial charge in [0.1, 0.15) is 0 Å². The number of rotatable bonds is 4. The summed E-state index contributed by atoms with van der Waals surface area (Å²) in [6.45, 7) is -0.282. The average Bonchev–Trinajstić information content (AvgIpc) is 1.63. The maximum Gasteiger partial charge on any atom is 0.264 e. The van der Waals surface area contributed by atoms with E-state index in [0.29, 0.717) is 6.42 Å². The number of unbranched alkanes of at least 4 members (excludes halogenated alkanes) is 1. The maximum atomic E-state index is 9.96. The molecule has 0 atom stereocenters. The van der Waals surface area contributed by atoms with E-state index in [0.717, 1.165) is 0 Å². The first-order valence-electron chi connectivity index (χ1n) is 2.59. The first-order valence-corrected chi connectivity index (χ1v) is 4.20. The minimum absolute atomic E-state index is 0.252. The van der Waals surface area contributed by atoms with E-state index >= 15 is 0 Å². The van der Waals surface area contributed by atoms with E-state index in [1.165, 1.54) is 0 Å². The van der Waals surface area contributed by atoms with Crippen molar-refractivity contribution in [3.8, 4) is 0 Å². The third kappa shape index (κ3) is 7.87. The normalized spacial score (nSPS) is 11.8. The highest BCUT2D eigenvalue weighted by Gasteiger charge is 2.01. The molecule has 0 aliphatic heterocycles. The highest BCUT2D eigenvalue weighted by Crippen LogP contribution is 1.91. The topological polar surface area (TPSA) is 74.3 Å². The molecule has 9 heavy (non-hydrogen) atoms. The Bertz CT molecular complexity index is 148. The minimum Gasteiger partial charge on any atom is -0.286 e. The third-order valence-corrected chi connectivity index (χ3v) is 1.60. The van der Waals surface area contributed by atoms with Gasteiger partial charge >= 0.3 is 0 Å². The van der Waals surface area contributed by atoms with Crippen LogP contribution in [-0.4, -0.2) is 25.3 Å². The van der Waals surface area contributed by atoms with E-state index in [9.17, 15) is 13.5 Å². The van der Waals surface area contributed by atoms with Gasteiger partial charge in [0.2, 0.25) is 0 Å². The van der Waals surface area contributed by atoms with Crippen molar-refractivity contribution in [2.75, 3.05) is 12.4 Å². The third-order valence-electron chi connectivity index (χ3n) is 0.797. The molecule has 0 aromatic carbocycles. The summed E-state index contributed by atoms with van der Waals surface area (Å²) in [5.41, 5.74) is 0. The molecule has 0 saturated carbocycles. The lowest BCUT2D eigenvalue weighted by atomic mass is 10.4. The lowest BCUT2D eigenvalue weighted by Crippen LogP contribution is -2.03. The molecule has 0 heterocycles. The molecular weight excluding hydrogens is 144 g/mol. The van der Waals surface area contributed by atoms with Crippen LogP contribution in [0, 0.1) is 0 Å². The van der Waals surface area contributed by atoms with E-state index in [1.54, 1.807) is 0 Å². The van der Waals surface area contributed by atoms with Gasteiger partial charge < -0.3 is 0 Å². The Hall–Kier alpha value is -0.130. The van der Waals surface area contributed by atoms with Crippen LogP contribution in [0.2, 0.25) is 0 Å². The highest BCUT2D eigenvalue weighted by atomic mass is 32.2. The summed E-state index contributed by atoms with van der Waals surface area (Å²) in [5, 5.41) is 9.74. The lowest BCUT2D eigenvalue weighted by Gasteiger charge is -1.91. The second-order valence-electron chi connectivity index (χ2n) is 1.70. The van der Waals surface area contributed by atoms with Crippen molar-refractivity contribution >= 4 is 10.1 Å². The van der Waals surface area contributed by atoms with Crippen LogP contribution in [0.4, 0.5) is 0 Å². The van der Waals surface area contributed by atoms with Crippen molar-refractivity contribution in [1.29, 1.82) is 0 Å². The fraction of sp³-hybridized carbons (Fsp3) is 1.00. The Labute approximate surface area is 54.3 Å². The molecule has 0 rings (SSSR count). The van der Waals surface area contributed by atoms with Crippen LogP contribution >= 0.6 is 0 Å². The highest BCUT2D eigenvalue weighted by molar-refractivity contribution is 7.85. The molecule has 0 bridgehead atoms. The molecule has 0 aliphatic carbocycles. The van der Waals surface area contributed by atoms with Crippen molar-refractivity contribution in [3.63, 3.8) is 0 Å². The summed E-state index contributed by atoms with van der Waals surface area (Å²) in [7, 11) is -3.84. The molecule has 0 saturated heterocycles. The van der Waals surface area contributed by atoms with E-state index in [-0.39, 0.29) is 18.8 Å². The quantitative estimate of drug-likeness (QED) is 0.459. The summed E-state index contributed by atoms with van der Waals surface area (Å²) in [4.78, 5) is 0. The number of hydrogen-bond donors (Lipinski definition) is 1.